The third-order valence-electron chi connectivity index (χ3n) is 3.04. The standard InChI is InChI=1S/C13H23NO4/c1-9-8-10(11(15)17-5)6-7-14(9)12(16)18-13(2,3)4/h9-10H,6-8H2,1-5H3/t9-,10+/m1/s1. The van der Waals surface area contributed by atoms with E-state index in [2.05, 4.69) is 0 Å². The number of amides is 1. The van der Waals surface area contributed by atoms with Gasteiger partial charge in [0.15, 0.2) is 0 Å². The molecule has 5 heteroatoms. The van der Waals surface area contributed by atoms with Crippen LogP contribution in [0.1, 0.15) is 40.5 Å². The van der Waals surface area contributed by atoms with Crippen molar-refractivity contribution in [1.29, 1.82) is 0 Å². The number of hydrogen-bond acceptors (Lipinski definition) is 4. The Balaban J connectivity index is 2.57. The van der Waals surface area contributed by atoms with Gasteiger partial charge in [-0.05, 0) is 40.5 Å². The molecule has 0 bridgehead atoms. The van der Waals surface area contributed by atoms with E-state index in [0.29, 0.717) is 19.4 Å². The van der Waals surface area contributed by atoms with Crippen molar-refractivity contribution in [3.8, 4) is 0 Å². The first-order valence-electron chi connectivity index (χ1n) is 6.32. The minimum absolute atomic E-state index is 0.00213. The van der Waals surface area contributed by atoms with Crippen LogP contribution in [-0.4, -0.2) is 42.3 Å². The summed E-state index contributed by atoms with van der Waals surface area (Å²) in [7, 11) is 1.40. The third-order valence-corrected chi connectivity index (χ3v) is 3.04. The predicted molar refractivity (Wildman–Crippen MR) is 67.1 cm³/mol. The molecule has 2 atom stereocenters. The minimum Gasteiger partial charge on any atom is -0.469 e. The quantitative estimate of drug-likeness (QED) is 0.676. The number of esters is 1. The van der Waals surface area contributed by atoms with Crippen molar-refractivity contribution < 1.29 is 19.1 Å². The van der Waals surface area contributed by atoms with Crippen molar-refractivity contribution in [1.82, 2.24) is 4.90 Å². The zero-order chi connectivity index (χ0) is 13.9. The number of ether oxygens (including phenoxy) is 2. The summed E-state index contributed by atoms with van der Waals surface area (Å²) >= 11 is 0. The second-order valence-electron chi connectivity index (χ2n) is 5.77. The van der Waals surface area contributed by atoms with Gasteiger partial charge in [0.25, 0.3) is 0 Å². The van der Waals surface area contributed by atoms with Crippen LogP contribution in [0, 0.1) is 5.92 Å². The highest BCUT2D eigenvalue weighted by Crippen LogP contribution is 2.25. The second-order valence-corrected chi connectivity index (χ2v) is 5.77. The van der Waals surface area contributed by atoms with Crippen LogP contribution in [0.15, 0.2) is 0 Å². The molecule has 1 fully saturated rings. The Kier molecular flexibility index (Phi) is 4.59. The van der Waals surface area contributed by atoms with Crippen molar-refractivity contribution in [3.05, 3.63) is 0 Å². The number of piperidine rings is 1. The summed E-state index contributed by atoms with van der Waals surface area (Å²) in [6, 6.07) is -0.00213. The third kappa shape index (κ3) is 3.89. The second kappa shape index (κ2) is 5.59. The van der Waals surface area contributed by atoms with Crippen LogP contribution in [0.2, 0.25) is 0 Å². The SMILES string of the molecule is COC(=O)[C@H]1CCN(C(=O)OC(C)(C)C)[C@H](C)C1. The fourth-order valence-electron chi connectivity index (χ4n) is 2.14. The average Bonchev–Trinajstić information content (AvgIpc) is 2.25. The van der Waals surface area contributed by atoms with E-state index < -0.39 is 5.60 Å². The van der Waals surface area contributed by atoms with Gasteiger partial charge in [0.2, 0.25) is 0 Å². The van der Waals surface area contributed by atoms with Gasteiger partial charge in [-0.3, -0.25) is 4.79 Å². The first kappa shape index (κ1) is 14.8. The molecule has 1 saturated heterocycles. The highest BCUT2D eigenvalue weighted by molar-refractivity contribution is 5.73. The van der Waals surface area contributed by atoms with Gasteiger partial charge >= 0.3 is 12.1 Å². The Morgan fingerprint density at radius 1 is 1.28 bits per heavy atom. The Morgan fingerprint density at radius 2 is 1.89 bits per heavy atom. The molecular formula is C13H23NO4. The predicted octanol–water partition coefficient (Wildman–Crippen LogP) is 2.20. The Bertz CT molecular complexity index is 321. The number of rotatable bonds is 1. The van der Waals surface area contributed by atoms with Crippen LogP contribution in [-0.2, 0) is 14.3 Å². The maximum absolute atomic E-state index is 12.0. The molecule has 104 valence electrons. The number of methoxy groups -OCH3 is 1. The highest BCUT2D eigenvalue weighted by Gasteiger charge is 2.34. The zero-order valence-corrected chi connectivity index (χ0v) is 11.9. The number of hydrogen-bond donors (Lipinski definition) is 0. The van der Waals surface area contributed by atoms with Gasteiger partial charge < -0.3 is 14.4 Å². The van der Waals surface area contributed by atoms with E-state index in [0.717, 1.165) is 0 Å². The lowest BCUT2D eigenvalue weighted by Gasteiger charge is -2.37. The van der Waals surface area contributed by atoms with Gasteiger partial charge in [0.05, 0.1) is 13.0 Å². The maximum atomic E-state index is 12.0. The Hall–Kier alpha value is -1.26. The van der Waals surface area contributed by atoms with E-state index in [9.17, 15) is 9.59 Å². The molecule has 1 aliphatic rings. The van der Waals surface area contributed by atoms with E-state index in [1.54, 1.807) is 4.90 Å². The molecule has 0 aromatic rings. The summed E-state index contributed by atoms with van der Waals surface area (Å²) in [5.41, 5.74) is -0.490. The lowest BCUT2D eigenvalue weighted by Crippen LogP contribution is -2.48. The first-order chi connectivity index (χ1) is 8.24. The van der Waals surface area contributed by atoms with Gasteiger partial charge in [-0.25, -0.2) is 4.79 Å². The highest BCUT2D eigenvalue weighted by atomic mass is 16.6. The lowest BCUT2D eigenvalue weighted by atomic mass is 9.92. The number of nitrogens with zero attached hydrogens (tertiary/aromatic N) is 1. The Labute approximate surface area is 108 Å². The van der Waals surface area contributed by atoms with Crippen molar-refractivity contribution >= 4 is 12.1 Å². The number of likely N-dealkylation sites (tertiary alicyclic amines) is 1. The summed E-state index contributed by atoms with van der Waals surface area (Å²) in [5, 5.41) is 0. The van der Waals surface area contributed by atoms with Gasteiger partial charge in [0, 0.05) is 12.6 Å². The molecule has 1 rings (SSSR count). The van der Waals surface area contributed by atoms with Crippen LogP contribution < -0.4 is 0 Å². The smallest absolute Gasteiger partial charge is 0.410 e. The lowest BCUT2D eigenvalue weighted by molar-refractivity contribution is -0.147. The molecule has 1 heterocycles. The topological polar surface area (TPSA) is 55.8 Å². The van der Waals surface area contributed by atoms with Crippen LogP contribution in [0.25, 0.3) is 0 Å². The summed E-state index contributed by atoms with van der Waals surface area (Å²) < 4.78 is 10.1. The Morgan fingerprint density at radius 3 is 2.33 bits per heavy atom. The molecule has 0 N–H and O–H groups in total. The van der Waals surface area contributed by atoms with Crippen molar-refractivity contribution in [2.24, 2.45) is 5.92 Å². The van der Waals surface area contributed by atoms with E-state index >= 15 is 0 Å². The van der Waals surface area contributed by atoms with Crippen LogP contribution in [0.5, 0.6) is 0 Å². The molecule has 18 heavy (non-hydrogen) atoms. The average molecular weight is 257 g/mol. The minimum atomic E-state index is -0.490. The van der Waals surface area contributed by atoms with Gasteiger partial charge in [-0.1, -0.05) is 0 Å². The first-order valence-corrected chi connectivity index (χ1v) is 6.32. The van der Waals surface area contributed by atoms with Crippen molar-refractivity contribution in [2.45, 2.75) is 52.2 Å². The summed E-state index contributed by atoms with van der Waals surface area (Å²) in [5.74, 6) is -0.297. The fraction of sp³-hybridized carbons (Fsp3) is 0.846. The van der Waals surface area contributed by atoms with Gasteiger partial charge in [-0.2, -0.15) is 0 Å². The molecule has 0 radical (unpaired) electrons. The monoisotopic (exact) mass is 257 g/mol. The van der Waals surface area contributed by atoms with Crippen LogP contribution >= 0.6 is 0 Å². The number of carbonyl (C=O) groups excluding carboxylic acids is 2. The molecule has 0 saturated carbocycles. The van der Waals surface area contributed by atoms with Crippen molar-refractivity contribution in [2.75, 3.05) is 13.7 Å². The molecule has 5 nitrogen and oxygen atoms in total. The molecule has 1 amide bonds. The van der Waals surface area contributed by atoms with E-state index in [1.807, 2.05) is 27.7 Å². The molecule has 0 aromatic heterocycles. The summed E-state index contributed by atoms with van der Waals surface area (Å²) in [6.07, 6.45) is 0.959. The van der Waals surface area contributed by atoms with Gasteiger partial charge in [-0.15, -0.1) is 0 Å². The van der Waals surface area contributed by atoms with E-state index in [4.69, 9.17) is 9.47 Å². The molecule has 1 aliphatic heterocycles. The normalized spacial score (nSPS) is 24.6. The molecule has 0 aromatic carbocycles. The zero-order valence-electron chi connectivity index (χ0n) is 11.9. The van der Waals surface area contributed by atoms with Crippen LogP contribution in [0.4, 0.5) is 4.79 Å². The molecule has 0 unspecified atom stereocenters. The van der Waals surface area contributed by atoms with Crippen LogP contribution in [0.3, 0.4) is 0 Å². The van der Waals surface area contributed by atoms with E-state index in [1.165, 1.54) is 7.11 Å². The molecule has 0 aliphatic carbocycles. The molecule has 0 spiro atoms. The fourth-order valence-corrected chi connectivity index (χ4v) is 2.14. The maximum Gasteiger partial charge on any atom is 0.410 e. The van der Waals surface area contributed by atoms with Crippen molar-refractivity contribution in [3.63, 3.8) is 0 Å². The number of carbonyl (C=O) groups is 2. The van der Waals surface area contributed by atoms with Gasteiger partial charge in [0.1, 0.15) is 5.60 Å². The molecular weight excluding hydrogens is 234 g/mol. The summed E-state index contributed by atoms with van der Waals surface area (Å²) in [4.78, 5) is 25.1. The summed E-state index contributed by atoms with van der Waals surface area (Å²) in [6.45, 7) is 8.00. The van der Waals surface area contributed by atoms with E-state index in [-0.39, 0.29) is 24.0 Å². The largest absolute Gasteiger partial charge is 0.469 e.